The molecule has 1 aromatic rings. The number of hydrogen-bond donors (Lipinski definition) is 2. The molecular formula is C12H17N3OS. The summed E-state index contributed by atoms with van der Waals surface area (Å²) in [6.45, 7) is 7.09. The zero-order chi connectivity index (χ0) is 12.4. The molecule has 1 aliphatic rings. The van der Waals surface area contributed by atoms with Gasteiger partial charge in [-0.15, -0.1) is 0 Å². The Labute approximate surface area is 106 Å². The van der Waals surface area contributed by atoms with Crippen molar-refractivity contribution >= 4 is 18.1 Å². The number of amides is 1. The molecule has 1 saturated heterocycles. The Morgan fingerprint density at radius 3 is 2.59 bits per heavy atom. The standard InChI is InChI=1S/C12H17N3OS/c1-8-7-9(2)14-11(17)10(8)12(16)15-5-3-13-4-6-15/h7,13H,3-6H2,1-2H3,(H,14,17). The Balaban J connectivity index is 2.33. The molecule has 0 aromatic carbocycles. The summed E-state index contributed by atoms with van der Waals surface area (Å²) in [7, 11) is 0. The number of pyridine rings is 1. The summed E-state index contributed by atoms with van der Waals surface area (Å²) in [5.41, 5.74) is 2.59. The first-order valence-corrected chi connectivity index (χ1v) is 6.21. The van der Waals surface area contributed by atoms with E-state index in [1.54, 1.807) is 0 Å². The highest BCUT2D eigenvalue weighted by Gasteiger charge is 2.20. The number of carbonyl (C=O) groups excluding carboxylic acids is 1. The zero-order valence-electron chi connectivity index (χ0n) is 10.2. The van der Waals surface area contributed by atoms with Crippen LogP contribution in [0.25, 0.3) is 0 Å². The largest absolute Gasteiger partial charge is 0.350 e. The van der Waals surface area contributed by atoms with Crippen LogP contribution in [0.5, 0.6) is 0 Å². The predicted octanol–water partition coefficient (Wildman–Crippen LogP) is 1.41. The van der Waals surface area contributed by atoms with Gasteiger partial charge in [0.1, 0.15) is 4.64 Å². The monoisotopic (exact) mass is 251 g/mol. The van der Waals surface area contributed by atoms with Crippen LogP contribution in [0, 0.1) is 18.5 Å². The van der Waals surface area contributed by atoms with Crippen LogP contribution in [-0.4, -0.2) is 42.0 Å². The van der Waals surface area contributed by atoms with Crippen molar-refractivity contribution in [1.29, 1.82) is 0 Å². The first-order chi connectivity index (χ1) is 8.09. The van der Waals surface area contributed by atoms with E-state index < -0.39 is 0 Å². The van der Waals surface area contributed by atoms with Crippen LogP contribution >= 0.6 is 12.2 Å². The van der Waals surface area contributed by atoms with Gasteiger partial charge in [0.2, 0.25) is 0 Å². The van der Waals surface area contributed by atoms with Crippen molar-refractivity contribution in [3.63, 3.8) is 0 Å². The molecule has 2 heterocycles. The van der Waals surface area contributed by atoms with Crippen molar-refractivity contribution < 1.29 is 4.79 Å². The van der Waals surface area contributed by atoms with Crippen LogP contribution in [0.2, 0.25) is 0 Å². The lowest BCUT2D eigenvalue weighted by molar-refractivity contribution is 0.0734. The molecule has 0 unspecified atom stereocenters. The third kappa shape index (κ3) is 2.56. The first kappa shape index (κ1) is 12.3. The van der Waals surface area contributed by atoms with Gasteiger partial charge in [-0.2, -0.15) is 0 Å². The smallest absolute Gasteiger partial charge is 0.257 e. The van der Waals surface area contributed by atoms with E-state index in [0.29, 0.717) is 10.2 Å². The van der Waals surface area contributed by atoms with Crippen molar-refractivity contribution in [3.8, 4) is 0 Å². The van der Waals surface area contributed by atoms with Gasteiger partial charge in [0.25, 0.3) is 5.91 Å². The molecule has 2 N–H and O–H groups in total. The van der Waals surface area contributed by atoms with Crippen LogP contribution < -0.4 is 5.32 Å². The molecule has 0 aliphatic carbocycles. The van der Waals surface area contributed by atoms with E-state index in [1.807, 2.05) is 24.8 Å². The summed E-state index contributed by atoms with van der Waals surface area (Å²) in [4.78, 5) is 17.3. The number of nitrogens with one attached hydrogen (secondary N) is 2. The summed E-state index contributed by atoms with van der Waals surface area (Å²) < 4.78 is 0.547. The normalized spacial score (nSPS) is 16.0. The maximum Gasteiger partial charge on any atom is 0.257 e. The Morgan fingerprint density at radius 2 is 2.00 bits per heavy atom. The summed E-state index contributed by atoms with van der Waals surface area (Å²) in [5, 5.41) is 3.23. The molecule has 1 amide bonds. The number of rotatable bonds is 1. The van der Waals surface area contributed by atoms with E-state index in [2.05, 4.69) is 10.3 Å². The van der Waals surface area contributed by atoms with E-state index in [4.69, 9.17) is 12.2 Å². The average molecular weight is 251 g/mol. The lowest BCUT2D eigenvalue weighted by Gasteiger charge is -2.28. The predicted molar refractivity (Wildman–Crippen MR) is 69.9 cm³/mol. The van der Waals surface area contributed by atoms with Gasteiger partial charge in [0, 0.05) is 31.9 Å². The molecule has 0 spiro atoms. The Bertz CT molecular complexity index is 489. The molecular weight excluding hydrogens is 234 g/mol. The number of H-pyrrole nitrogens is 1. The van der Waals surface area contributed by atoms with E-state index >= 15 is 0 Å². The van der Waals surface area contributed by atoms with Crippen molar-refractivity contribution in [1.82, 2.24) is 15.2 Å². The second kappa shape index (κ2) is 4.98. The van der Waals surface area contributed by atoms with Crippen LogP contribution in [0.4, 0.5) is 0 Å². The quantitative estimate of drug-likeness (QED) is 0.742. The minimum Gasteiger partial charge on any atom is -0.350 e. The van der Waals surface area contributed by atoms with Gasteiger partial charge in [0.15, 0.2) is 0 Å². The third-order valence-corrected chi connectivity index (χ3v) is 3.29. The fourth-order valence-electron chi connectivity index (χ4n) is 2.15. The topological polar surface area (TPSA) is 48.1 Å². The van der Waals surface area contributed by atoms with Crippen molar-refractivity contribution in [3.05, 3.63) is 27.5 Å². The lowest BCUT2D eigenvalue weighted by Crippen LogP contribution is -2.46. The maximum atomic E-state index is 12.4. The van der Waals surface area contributed by atoms with Gasteiger partial charge in [-0.3, -0.25) is 4.79 Å². The Morgan fingerprint density at radius 1 is 1.35 bits per heavy atom. The minimum atomic E-state index is 0.0465. The van der Waals surface area contributed by atoms with Crippen LogP contribution in [-0.2, 0) is 0 Å². The molecule has 0 atom stereocenters. The third-order valence-electron chi connectivity index (χ3n) is 2.98. The van der Waals surface area contributed by atoms with Gasteiger partial charge < -0.3 is 15.2 Å². The van der Waals surface area contributed by atoms with Gasteiger partial charge in [0.05, 0.1) is 5.56 Å². The Hall–Kier alpha value is -1.20. The number of carbonyl (C=O) groups is 1. The van der Waals surface area contributed by atoms with Crippen LogP contribution in [0.15, 0.2) is 6.07 Å². The zero-order valence-corrected chi connectivity index (χ0v) is 11.0. The minimum absolute atomic E-state index is 0.0465. The van der Waals surface area contributed by atoms with Crippen molar-refractivity contribution in [2.24, 2.45) is 0 Å². The summed E-state index contributed by atoms with van der Waals surface area (Å²) in [6.07, 6.45) is 0. The molecule has 0 radical (unpaired) electrons. The molecule has 0 bridgehead atoms. The fourth-order valence-corrected chi connectivity index (χ4v) is 2.55. The maximum absolute atomic E-state index is 12.4. The second-order valence-corrected chi connectivity index (χ2v) is 4.79. The molecule has 92 valence electrons. The van der Waals surface area contributed by atoms with E-state index in [9.17, 15) is 4.79 Å². The van der Waals surface area contributed by atoms with E-state index in [0.717, 1.165) is 37.4 Å². The van der Waals surface area contributed by atoms with Crippen molar-refractivity contribution in [2.75, 3.05) is 26.2 Å². The molecule has 0 saturated carbocycles. The molecule has 17 heavy (non-hydrogen) atoms. The highest BCUT2D eigenvalue weighted by atomic mass is 32.1. The number of aromatic amines is 1. The lowest BCUT2D eigenvalue weighted by atomic mass is 10.1. The number of aryl methyl sites for hydroxylation is 2. The van der Waals surface area contributed by atoms with Gasteiger partial charge in [-0.1, -0.05) is 12.2 Å². The average Bonchev–Trinajstić information content (AvgIpc) is 2.28. The van der Waals surface area contributed by atoms with Gasteiger partial charge in [-0.25, -0.2) is 0 Å². The highest BCUT2D eigenvalue weighted by Crippen LogP contribution is 2.13. The molecule has 2 rings (SSSR count). The fraction of sp³-hybridized carbons (Fsp3) is 0.500. The van der Waals surface area contributed by atoms with Crippen molar-refractivity contribution in [2.45, 2.75) is 13.8 Å². The van der Waals surface area contributed by atoms with Crippen LogP contribution in [0.1, 0.15) is 21.6 Å². The van der Waals surface area contributed by atoms with E-state index in [1.165, 1.54) is 0 Å². The van der Waals surface area contributed by atoms with Crippen LogP contribution in [0.3, 0.4) is 0 Å². The Kier molecular flexibility index (Phi) is 3.59. The number of aromatic nitrogens is 1. The van der Waals surface area contributed by atoms with Gasteiger partial charge in [-0.05, 0) is 25.5 Å². The highest BCUT2D eigenvalue weighted by molar-refractivity contribution is 7.71. The summed E-state index contributed by atoms with van der Waals surface area (Å²) >= 11 is 5.25. The molecule has 5 heteroatoms. The molecule has 4 nitrogen and oxygen atoms in total. The molecule has 1 aromatic heterocycles. The molecule has 1 fully saturated rings. The summed E-state index contributed by atoms with van der Waals surface area (Å²) in [6, 6.07) is 1.96. The second-order valence-electron chi connectivity index (χ2n) is 4.38. The number of nitrogens with zero attached hydrogens (tertiary/aromatic N) is 1. The molecule has 1 aliphatic heterocycles. The summed E-state index contributed by atoms with van der Waals surface area (Å²) in [5.74, 6) is 0.0465. The SMILES string of the molecule is Cc1cc(C)c(C(=O)N2CCNCC2)c(=S)[nH]1. The van der Waals surface area contributed by atoms with E-state index in [-0.39, 0.29) is 5.91 Å². The first-order valence-electron chi connectivity index (χ1n) is 5.80. The number of hydrogen-bond acceptors (Lipinski definition) is 3. The number of piperazine rings is 1. The van der Waals surface area contributed by atoms with Gasteiger partial charge >= 0.3 is 0 Å².